The second kappa shape index (κ2) is 9.49. The van der Waals surface area contributed by atoms with E-state index in [4.69, 9.17) is 16.3 Å². The van der Waals surface area contributed by atoms with Crippen LogP contribution in [0.4, 0.5) is 5.69 Å². The molecule has 1 heterocycles. The molecule has 5 nitrogen and oxygen atoms in total. The number of hydrogen-bond acceptors (Lipinski definition) is 3. The largest absolute Gasteiger partial charge is 0.489 e. The van der Waals surface area contributed by atoms with Crippen LogP contribution >= 0.6 is 11.6 Å². The highest BCUT2D eigenvalue weighted by molar-refractivity contribution is 6.30. The molecule has 0 aliphatic carbocycles. The molecule has 1 N–H and O–H groups in total. The van der Waals surface area contributed by atoms with Gasteiger partial charge in [-0.1, -0.05) is 48.0 Å². The lowest BCUT2D eigenvalue weighted by Gasteiger charge is -2.08. The molecule has 3 aromatic carbocycles. The van der Waals surface area contributed by atoms with Crippen molar-refractivity contribution in [2.75, 3.05) is 5.32 Å². The van der Waals surface area contributed by atoms with Gasteiger partial charge in [-0.2, -0.15) is 5.10 Å². The van der Waals surface area contributed by atoms with Crippen LogP contribution in [0.1, 0.15) is 27.0 Å². The normalized spacial score (nSPS) is 10.6. The van der Waals surface area contributed by atoms with Gasteiger partial charge in [-0.25, -0.2) is 0 Å². The number of aryl methyl sites for hydroxylation is 1. The first kappa shape index (κ1) is 20.7. The fraction of sp³-hybridized carbons (Fsp3) is 0.120. The van der Waals surface area contributed by atoms with Crippen LogP contribution in [0.3, 0.4) is 0 Å². The maximum Gasteiger partial charge on any atom is 0.255 e. The maximum absolute atomic E-state index is 12.7. The summed E-state index contributed by atoms with van der Waals surface area (Å²) in [5.74, 6) is 0.532. The molecule has 0 aliphatic heterocycles. The molecular formula is C25H22ClN3O2. The van der Waals surface area contributed by atoms with E-state index in [0.29, 0.717) is 29.4 Å². The molecule has 31 heavy (non-hydrogen) atoms. The number of anilines is 1. The number of aromatic nitrogens is 2. The average molecular weight is 432 g/mol. The summed E-state index contributed by atoms with van der Waals surface area (Å²) in [5, 5.41) is 7.93. The summed E-state index contributed by atoms with van der Waals surface area (Å²) in [7, 11) is 0. The van der Waals surface area contributed by atoms with Crippen LogP contribution in [-0.4, -0.2) is 15.7 Å². The summed E-state index contributed by atoms with van der Waals surface area (Å²) in [5.41, 5.74) is 4.51. The molecule has 0 atom stereocenters. The Morgan fingerprint density at radius 2 is 1.87 bits per heavy atom. The van der Waals surface area contributed by atoms with Gasteiger partial charge in [-0.05, 0) is 60.0 Å². The molecule has 0 saturated heterocycles. The quantitative estimate of drug-likeness (QED) is 0.407. The van der Waals surface area contributed by atoms with Crippen molar-refractivity contribution in [1.82, 2.24) is 9.78 Å². The molecule has 4 aromatic rings. The van der Waals surface area contributed by atoms with Crippen LogP contribution in [0.15, 0.2) is 85.2 Å². The number of benzene rings is 3. The van der Waals surface area contributed by atoms with Crippen molar-refractivity contribution in [2.45, 2.75) is 20.1 Å². The molecule has 1 amide bonds. The van der Waals surface area contributed by atoms with Crippen LogP contribution < -0.4 is 10.1 Å². The highest BCUT2D eigenvalue weighted by atomic mass is 35.5. The Morgan fingerprint density at radius 1 is 1.06 bits per heavy atom. The van der Waals surface area contributed by atoms with Crippen molar-refractivity contribution in [3.05, 3.63) is 112 Å². The molecule has 0 spiro atoms. The minimum atomic E-state index is -0.191. The van der Waals surface area contributed by atoms with Gasteiger partial charge in [0.05, 0.1) is 18.4 Å². The van der Waals surface area contributed by atoms with Crippen LogP contribution in [0.5, 0.6) is 5.75 Å². The van der Waals surface area contributed by atoms with E-state index in [-0.39, 0.29) is 5.91 Å². The lowest BCUT2D eigenvalue weighted by atomic mass is 10.1. The van der Waals surface area contributed by atoms with E-state index in [0.717, 1.165) is 11.3 Å². The summed E-state index contributed by atoms with van der Waals surface area (Å²) in [6.45, 7) is 3.09. The molecule has 0 aliphatic rings. The molecule has 4 rings (SSSR count). The Bertz CT molecular complexity index is 1190. The van der Waals surface area contributed by atoms with Gasteiger partial charge in [-0.15, -0.1) is 0 Å². The monoisotopic (exact) mass is 431 g/mol. The number of amides is 1. The van der Waals surface area contributed by atoms with Crippen LogP contribution in [0, 0.1) is 6.92 Å². The highest BCUT2D eigenvalue weighted by Crippen LogP contribution is 2.18. The first-order chi connectivity index (χ1) is 15.1. The maximum atomic E-state index is 12.7. The fourth-order valence-corrected chi connectivity index (χ4v) is 3.31. The van der Waals surface area contributed by atoms with Gasteiger partial charge in [0.1, 0.15) is 12.4 Å². The minimum absolute atomic E-state index is 0.191. The smallest absolute Gasteiger partial charge is 0.255 e. The van der Waals surface area contributed by atoms with Crippen molar-refractivity contribution in [3.8, 4) is 5.75 Å². The van der Waals surface area contributed by atoms with E-state index in [1.807, 2.05) is 53.3 Å². The van der Waals surface area contributed by atoms with Gasteiger partial charge < -0.3 is 10.1 Å². The molecular weight excluding hydrogens is 410 g/mol. The SMILES string of the molecule is Cc1ccccc1Cn1cc(NC(=O)c2cccc(COc3ccc(Cl)cc3)c2)cn1. The standard InChI is InChI=1S/C25H22ClN3O2/c1-18-5-2-3-7-21(18)15-29-16-23(14-27-29)28-25(30)20-8-4-6-19(13-20)17-31-24-11-9-22(26)10-12-24/h2-14,16H,15,17H2,1H3,(H,28,30). The van der Waals surface area contributed by atoms with E-state index in [1.165, 1.54) is 11.1 Å². The number of halogens is 1. The molecule has 0 fully saturated rings. The Kier molecular flexibility index (Phi) is 6.34. The third kappa shape index (κ3) is 5.53. The van der Waals surface area contributed by atoms with Crippen LogP contribution in [-0.2, 0) is 13.2 Å². The summed E-state index contributed by atoms with van der Waals surface area (Å²) >= 11 is 5.89. The molecule has 0 radical (unpaired) electrons. The fourth-order valence-electron chi connectivity index (χ4n) is 3.18. The Balaban J connectivity index is 1.37. The summed E-state index contributed by atoms with van der Waals surface area (Å²) < 4.78 is 7.58. The van der Waals surface area contributed by atoms with Crippen molar-refractivity contribution in [1.29, 1.82) is 0 Å². The van der Waals surface area contributed by atoms with Gasteiger partial charge in [-0.3, -0.25) is 9.48 Å². The summed E-state index contributed by atoms with van der Waals surface area (Å²) in [6, 6.07) is 22.7. The van der Waals surface area contributed by atoms with E-state index in [9.17, 15) is 4.79 Å². The van der Waals surface area contributed by atoms with E-state index in [2.05, 4.69) is 29.5 Å². The number of rotatable bonds is 7. The Hall–Kier alpha value is -3.57. The van der Waals surface area contributed by atoms with Gasteiger partial charge in [0.25, 0.3) is 5.91 Å². The minimum Gasteiger partial charge on any atom is -0.489 e. The van der Waals surface area contributed by atoms with Gasteiger partial charge >= 0.3 is 0 Å². The lowest BCUT2D eigenvalue weighted by molar-refractivity contribution is 0.102. The number of ether oxygens (including phenoxy) is 1. The highest BCUT2D eigenvalue weighted by Gasteiger charge is 2.09. The number of carbonyl (C=O) groups is 1. The number of hydrogen-bond donors (Lipinski definition) is 1. The first-order valence-corrected chi connectivity index (χ1v) is 10.3. The van der Waals surface area contributed by atoms with E-state index >= 15 is 0 Å². The molecule has 0 bridgehead atoms. The third-order valence-corrected chi connectivity index (χ3v) is 5.14. The zero-order chi connectivity index (χ0) is 21.6. The van der Waals surface area contributed by atoms with E-state index in [1.54, 1.807) is 24.4 Å². The van der Waals surface area contributed by atoms with Crippen molar-refractivity contribution in [2.24, 2.45) is 0 Å². The predicted octanol–water partition coefficient (Wildman–Crippen LogP) is 5.72. The number of carbonyl (C=O) groups excluding carboxylic acids is 1. The zero-order valence-corrected chi connectivity index (χ0v) is 17.8. The molecule has 0 unspecified atom stereocenters. The van der Waals surface area contributed by atoms with Crippen molar-refractivity contribution >= 4 is 23.2 Å². The van der Waals surface area contributed by atoms with Gasteiger partial charge in [0.15, 0.2) is 0 Å². The predicted molar refractivity (Wildman–Crippen MR) is 123 cm³/mol. The van der Waals surface area contributed by atoms with Gasteiger partial charge in [0.2, 0.25) is 0 Å². The summed E-state index contributed by atoms with van der Waals surface area (Å²) in [6.07, 6.45) is 3.49. The average Bonchev–Trinajstić information content (AvgIpc) is 3.22. The zero-order valence-electron chi connectivity index (χ0n) is 17.1. The van der Waals surface area contributed by atoms with Gasteiger partial charge in [0, 0.05) is 16.8 Å². The Morgan fingerprint density at radius 3 is 2.68 bits per heavy atom. The number of nitrogens with one attached hydrogen (secondary N) is 1. The molecule has 0 saturated carbocycles. The second-order valence-electron chi connectivity index (χ2n) is 7.25. The Labute approximate surface area is 186 Å². The molecule has 156 valence electrons. The van der Waals surface area contributed by atoms with Crippen LogP contribution in [0.2, 0.25) is 5.02 Å². The second-order valence-corrected chi connectivity index (χ2v) is 7.69. The first-order valence-electron chi connectivity index (χ1n) is 9.92. The van der Waals surface area contributed by atoms with Crippen molar-refractivity contribution < 1.29 is 9.53 Å². The third-order valence-electron chi connectivity index (χ3n) is 4.89. The van der Waals surface area contributed by atoms with Crippen LogP contribution in [0.25, 0.3) is 0 Å². The lowest BCUT2D eigenvalue weighted by Crippen LogP contribution is -2.12. The summed E-state index contributed by atoms with van der Waals surface area (Å²) in [4.78, 5) is 12.7. The molecule has 1 aromatic heterocycles. The van der Waals surface area contributed by atoms with Crippen molar-refractivity contribution in [3.63, 3.8) is 0 Å². The topological polar surface area (TPSA) is 56.2 Å². The molecule has 6 heteroatoms. The number of nitrogens with zero attached hydrogens (tertiary/aromatic N) is 2. The van der Waals surface area contributed by atoms with E-state index < -0.39 is 0 Å².